The molecule has 2 aromatic rings. The Labute approximate surface area is 169 Å². The molecule has 1 aliphatic heterocycles. The number of nitrogens with one attached hydrogen (secondary N) is 1. The summed E-state index contributed by atoms with van der Waals surface area (Å²) in [6.07, 6.45) is 9.65. The number of piperidine rings is 1. The summed E-state index contributed by atoms with van der Waals surface area (Å²) in [5, 5.41) is 9.26. The molecule has 0 amide bonds. The van der Waals surface area contributed by atoms with E-state index in [0.717, 1.165) is 18.9 Å². The first kappa shape index (κ1) is 18.5. The van der Waals surface area contributed by atoms with Gasteiger partial charge in [0.05, 0.1) is 22.0 Å². The van der Waals surface area contributed by atoms with E-state index in [4.69, 9.17) is 34.3 Å². The van der Waals surface area contributed by atoms with Crippen LogP contribution >= 0.6 is 23.2 Å². The molecule has 0 bridgehead atoms. The van der Waals surface area contributed by atoms with Crippen molar-refractivity contribution in [2.24, 2.45) is 5.41 Å². The highest BCUT2D eigenvalue weighted by Crippen LogP contribution is 2.46. The van der Waals surface area contributed by atoms with Crippen molar-refractivity contribution in [1.29, 1.82) is 5.41 Å². The molecule has 2 fully saturated rings. The Bertz CT molecular complexity index is 867. The molecule has 5 nitrogen and oxygen atoms in total. The molecule has 142 valence electrons. The van der Waals surface area contributed by atoms with Gasteiger partial charge in [0.25, 0.3) is 0 Å². The highest BCUT2D eigenvalue weighted by atomic mass is 35.5. The number of nitrogens with two attached hydrogens (primary N) is 1. The number of hydrogen-bond donors (Lipinski definition) is 2. The van der Waals surface area contributed by atoms with Gasteiger partial charge in [-0.1, -0.05) is 42.1 Å². The molecular weight excluding hydrogens is 381 g/mol. The van der Waals surface area contributed by atoms with Crippen molar-refractivity contribution < 1.29 is 0 Å². The van der Waals surface area contributed by atoms with Gasteiger partial charge in [-0.2, -0.15) is 0 Å². The van der Waals surface area contributed by atoms with E-state index >= 15 is 0 Å². The smallest absolute Gasteiger partial charge is 0.154 e. The standard InChI is InChI=1S/C20H23Cl2N5/c21-14-4-3-13(11-15(14)22)17(23)18-19(24)26-16(12-25-18)27-9-7-20(8-10-27)5-1-2-6-20/h3-4,11-12,23H,1-2,5-10H2,(H2,24,26). The fourth-order valence-electron chi connectivity index (χ4n) is 4.36. The van der Waals surface area contributed by atoms with Crippen LogP contribution in [-0.4, -0.2) is 28.8 Å². The van der Waals surface area contributed by atoms with Gasteiger partial charge >= 0.3 is 0 Å². The maximum absolute atomic E-state index is 8.40. The van der Waals surface area contributed by atoms with Gasteiger partial charge in [-0.05, 0) is 43.2 Å². The molecule has 2 aliphatic rings. The first-order valence-corrected chi connectivity index (χ1v) is 10.1. The molecule has 1 aromatic heterocycles. The highest BCUT2D eigenvalue weighted by molar-refractivity contribution is 6.42. The van der Waals surface area contributed by atoms with Crippen molar-refractivity contribution in [3.05, 3.63) is 45.7 Å². The monoisotopic (exact) mass is 403 g/mol. The maximum atomic E-state index is 8.40. The number of hydrogen-bond acceptors (Lipinski definition) is 5. The van der Waals surface area contributed by atoms with Crippen LogP contribution in [0.15, 0.2) is 24.4 Å². The van der Waals surface area contributed by atoms with E-state index in [1.165, 1.54) is 38.5 Å². The lowest BCUT2D eigenvalue weighted by atomic mass is 9.77. The molecule has 1 saturated heterocycles. The normalized spacial score (nSPS) is 18.8. The molecule has 27 heavy (non-hydrogen) atoms. The predicted octanol–water partition coefficient (Wildman–Crippen LogP) is 4.94. The lowest BCUT2D eigenvalue weighted by Gasteiger charge is -2.39. The third-order valence-electron chi connectivity index (χ3n) is 6.04. The van der Waals surface area contributed by atoms with Gasteiger partial charge in [-0.3, -0.25) is 5.41 Å². The number of anilines is 2. The van der Waals surface area contributed by atoms with Crippen molar-refractivity contribution in [2.45, 2.75) is 38.5 Å². The number of aromatic nitrogens is 2. The van der Waals surface area contributed by atoms with E-state index in [0.29, 0.717) is 26.7 Å². The van der Waals surface area contributed by atoms with E-state index in [1.54, 1.807) is 24.4 Å². The van der Waals surface area contributed by atoms with E-state index in [9.17, 15) is 0 Å². The third-order valence-corrected chi connectivity index (χ3v) is 6.78. The molecule has 1 saturated carbocycles. The number of rotatable bonds is 3. The zero-order valence-corrected chi connectivity index (χ0v) is 16.7. The Morgan fingerprint density at radius 3 is 2.41 bits per heavy atom. The predicted molar refractivity (Wildman–Crippen MR) is 111 cm³/mol. The number of nitrogen functional groups attached to an aromatic ring is 1. The summed E-state index contributed by atoms with van der Waals surface area (Å²) in [6, 6.07) is 5.04. The Kier molecular flexibility index (Phi) is 4.99. The lowest BCUT2D eigenvalue weighted by molar-refractivity contribution is 0.226. The first-order valence-electron chi connectivity index (χ1n) is 9.39. The maximum Gasteiger partial charge on any atom is 0.154 e. The molecule has 0 unspecified atom stereocenters. The van der Waals surface area contributed by atoms with Gasteiger partial charge in [0, 0.05) is 18.7 Å². The van der Waals surface area contributed by atoms with E-state index in [1.807, 2.05) is 0 Å². The molecular formula is C20H23Cl2N5. The van der Waals surface area contributed by atoms with Crippen molar-refractivity contribution in [1.82, 2.24) is 9.97 Å². The van der Waals surface area contributed by atoms with Crippen molar-refractivity contribution in [2.75, 3.05) is 23.7 Å². The zero-order chi connectivity index (χ0) is 19.0. The zero-order valence-electron chi connectivity index (χ0n) is 15.1. The van der Waals surface area contributed by atoms with Crippen molar-refractivity contribution in [3.8, 4) is 0 Å². The molecule has 2 heterocycles. The number of benzene rings is 1. The Morgan fingerprint density at radius 1 is 1.07 bits per heavy atom. The highest BCUT2D eigenvalue weighted by Gasteiger charge is 2.37. The fourth-order valence-corrected chi connectivity index (χ4v) is 4.66. The van der Waals surface area contributed by atoms with Crippen LogP contribution in [0, 0.1) is 10.8 Å². The van der Waals surface area contributed by atoms with Gasteiger partial charge in [0.2, 0.25) is 0 Å². The van der Waals surface area contributed by atoms with Gasteiger partial charge in [0.15, 0.2) is 5.82 Å². The van der Waals surface area contributed by atoms with E-state index in [2.05, 4.69) is 14.9 Å². The molecule has 1 aromatic carbocycles. The quantitative estimate of drug-likeness (QED) is 0.710. The average molecular weight is 404 g/mol. The third kappa shape index (κ3) is 3.63. The summed E-state index contributed by atoms with van der Waals surface area (Å²) in [5.74, 6) is 1.07. The molecule has 1 spiro atoms. The van der Waals surface area contributed by atoms with Crippen LogP contribution in [-0.2, 0) is 0 Å². The van der Waals surface area contributed by atoms with Crippen LogP contribution in [0.3, 0.4) is 0 Å². The second-order valence-corrected chi connectivity index (χ2v) is 8.47. The second kappa shape index (κ2) is 7.28. The molecule has 1 aliphatic carbocycles. The summed E-state index contributed by atoms with van der Waals surface area (Å²) >= 11 is 12.0. The van der Waals surface area contributed by atoms with Crippen LogP contribution in [0.1, 0.15) is 49.8 Å². The largest absolute Gasteiger partial charge is 0.382 e. The van der Waals surface area contributed by atoms with Crippen LogP contribution in [0.25, 0.3) is 0 Å². The summed E-state index contributed by atoms with van der Waals surface area (Å²) in [6.45, 7) is 2.00. The van der Waals surface area contributed by atoms with Crippen LogP contribution in [0.4, 0.5) is 11.6 Å². The second-order valence-electron chi connectivity index (χ2n) is 7.66. The SMILES string of the molecule is N=C(c1ccc(Cl)c(Cl)c1)c1ncc(N2CCC3(CCCC3)CC2)nc1N. The number of nitrogens with zero attached hydrogens (tertiary/aromatic N) is 3. The van der Waals surface area contributed by atoms with Crippen LogP contribution in [0.5, 0.6) is 0 Å². The topological polar surface area (TPSA) is 78.9 Å². The van der Waals surface area contributed by atoms with Gasteiger partial charge in [-0.15, -0.1) is 0 Å². The average Bonchev–Trinajstić information content (AvgIpc) is 3.12. The fraction of sp³-hybridized carbons (Fsp3) is 0.450. The minimum Gasteiger partial charge on any atom is -0.382 e. The molecule has 0 atom stereocenters. The van der Waals surface area contributed by atoms with Gasteiger partial charge in [0.1, 0.15) is 11.5 Å². The molecule has 4 rings (SSSR count). The van der Waals surface area contributed by atoms with Crippen LogP contribution in [0.2, 0.25) is 10.0 Å². The Balaban J connectivity index is 1.51. The molecule has 3 N–H and O–H groups in total. The summed E-state index contributed by atoms with van der Waals surface area (Å²) in [7, 11) is 0. The lowest BCUT2D eigenvalue weighted by Crippen LogP contribution is -2.39. The first-order chi connectivity index (χ1) is 13.0. The number of halogens is 2. The molecule has 7 heteroatoms. The summed E-state index contributed by atoms with van der Waals surface area (Å²) < 4.78 is 0. The Hall–Kier alpha value is -1.85. The minimum atomic E-state index is 0.189. The summed E-state index contributed by atoms with van der Waals surface area (Å²) in [4.78, 5) is 11.2. The van der Waals surface area contributed by atoms with Crippen molar-refractivity contribution >= 4 is 40.5 Å². The Morgan fingerprint density at radius 2 is 1.78 bits per heavy atom. The van der Waals surface area contributed by atoms with E-state index < -0.39 is 0 Å². The minimum absolute atomic E-state index is 0.189. The van der Waals surface area contributed by atoms with Gasteiger partial charge in [-0.25, -0.2) is 9.97 Å². The summed E-state index contributed by atoms with van der Waals surface area (Å²) in [5.41, 5.74) is 7.87. The van der Waals surface area contributed by atoms with E-state index in [-0.39, 0.29) is 11.5 Å². The van der Waals surface area contributed by atoms with Crippen LogP contribution < -0.4 is 10.6 Å². The molecule has 0 radical (unpaired) electrons. The van der Waals surface area contributed by atoms with Gasteiger partial charge < -0.3 is 10.6 Å². The van der Waals surface area contributed by atoms with Crippen molar-refractivity contribution in [3.63, 3.8) is 0 Å².